The van der Waals surface area contributed by atoms with E-state index in [1.54, 1.807) is 0 Å². The Hall–Kier alpha value is -0.900. The second kappa shape index (κ2) is 7.39. The maximum Gasteiger partial charge on any atom is 0.214 e. The van der Waals surface area contributed by atoms with E-state index in [0.717, 1.165) is 38.8 Å². The smallest absolute Gasteiger partial charge is 0.214 e. The normalized spacial score (nSPS) is 26.3. The minimum Gasteiger partial charge on any atom is -0.409 e. The van der Waals surface area contributed by atoms with Crippen molar-refractivity contribution in [2.24, 2.45) is 10.9 Å². The van der Waals surface area contributed by atoms with Gasteiger partial charge >= 0.3 is 0 Å². The molecule has 0 saturated carbocycles. The van der Waals surface area contributed by atoms with Gasteiger partial charge < -0.3 is 15.7 Å². The lowest BCUT2D eigenvalue weighted by atomic mass is 10.1. The molecular formula is C12H24N4O4S. The number of nitrogens with two attached hydrogens (primary N) is 1. The van der Waals surface area contributed by atoms with Crippen molar-refractivity contribution in [1.82, 2.24) is 9.62 Å². The third kappa shape index (κ3) is 5.42. The first-order chi connectivity index (χ1) is 9.98. The van der Waals surface area contributed by atoms with Crippen LogP contribution in [0.5, 0.6) is 0 Å². The predicted octanol–water partition coefficient (Wildman–Crippen LogP) is -0.704. The van der Waals surface area contributed by atoms with Crippen molar-refractivity contribution in [3.8, 4) is 0 Å². The van der Waals surface area contributed by atoms with Gasteiger partial charge in [-0.05, 0) is 25.7 Å². The molecule has 9 heteroatoms. The lowest BCUT2D eigenvalue weighted by molar-refractivity contribution is 0.127. The molecule has 1 atom stereocenters. The van der Waals surface area contributed by atoms with Gasteiger partial charge in [0.25, 0.3) is 0 Å². The molecule has 0 radical (unpaired) electrons. The highest BCUT2D eigenvalue weighted by Gasteiger charge is 2.27. The Bertz CT molecular complexity index is 454. The van der Waals surface area contributed by atoms with Crippen LogP contribution in [0.1, 0.15) is 25.7 Å². The number of hydrogen-bond acceptors (Lipinski definition) is 6. The van der Waals surface area contributed by atoms with E-state index in [1.165, 1.54) is 0 Å². The summed E-state index contributed by atoms with van der Waals surface area (Å²) in [6.07, 6.45) is 3.04. The van der Waals surface area contributed by atoms with Crippen molar-refractivity contribution in [2.75, 3.05) is 32.0 Å². The van der Waals surface area contributed by atoms with Crippen LogP contribution < -0.4 is 10.5 Å². The third-order valence-corrected chi connectivity index (χ3v) is 5.38. The molecule has 4 N–H and O–H groups in total. The van der Waals surface area contributed by atoms with Crippen molar-refractivity contribution in [3.05, 3.63) is 0 Å². The summed E-state index contributed by atoms with van der Waals surface area (Å²) in [4.78, 5) is 2.04. The van der Waals surface area contributed by atoms with Crippen LogP contribution in [0.25, 0.3) is 0 Å². The Morgan fingerprint density at radius 3 is 2.67 bits per heavy atom. The van der Waals surface area contributed by atoms with E-state index in [9.17, 15) is 8.42 Å². The van der Waals surface area contributed by atoms with Gasteiger partial charge in [-0.2, -0.15) is 0 Å². The topological polar surface area (TPSA) is 117 Å². The van der Waals surface area contributed by atoms with Gasteiger partial charge in [0.05, 0.1) is 18.4 Å². The highest BCUT2D eigenvalue weighted by atomic mass is 32.2. The van der Waals surface area contributed by atoms with E-state index < -0.39 is 10.0 Å². The summed E-state index contributed by atoms with van der Waals surface area (Å²) >= 11 is 0. The van der Waals surface area contributed by atoms with Gasteiger partial charge in [-0.15, -0.1) is 0 Å². The molecule has 21 heavy (non-hydrogen) atoms. The number of oxime groups is 1. The molecule has 2 saturated heterocycles. The zero-order valence-corrected chi connectivity index (χ0v) is 12.9. The van der Waals surface area contributed by atoms with Crippen molar-refractivity contribution < 1.29 is 18.4 Å². The van der Waals surface area contributed by atoms with Gasteiger partial charge in [0.15, 0.2) is 5.84 Å². The summed E-state index contributed by atoms with van der Waals surface area (Å²) in [5, 5.41) is 11.5. The molecule has 0 aromatic rings. The average Bonchev–Trinajstić information content (AvgIpc) is 2.92. The molecule has 122 valence electrons. The fourth-order valence-corrected chi connectivity index (χ4v) is 4.38. The third-order valence-electron chi connectivity index (χ3n) is 3.88. The van der Waals surface area contributed by atoms with E-state index in [2.05, 4.69) is 9.88 Å². The molecule has 0 aliphatic carbocycles. The molecule has 2 heterocycles. The van der Waals surface area contributed by atoms with Crippen LogP contribution >= 0.6 is 0 Å². The van der Waals surface area contributed by atoms with Gasteiger partial charge in [-0.25, -0.2) is 13.1 Å². The zero-order valence-electron chi connectivity index (χ0n) is 12.1. The Morgan fingerprint density at radius 2 is 2.10 bits per heavy atom. The minimum absolute atomic E-state index is 0.0417. The molecule has 2 rings (SSSR count). The van der Waals surface area contributed by atoms with Crippen LogP contribution in [-0.2, 0) is 14.8 Å². The van der Waals surface area contributed by atoms with Crippen molar-refractivity contribution in [3.63, 3.8) is 0 Å². The number of rotatable bonds is 6. The molecule has 8 nitrogen and oxygen atoms in total. The van der Waals surface area contributed by atoms with Crippen LogP contribution in [0.3, 0.4) is 0 Å². The summed E-state index contributed by atoms with van der Waals surface area (Å²) in [5.41, 5.74) is 5.46. The second-order valence-electron chi connectivity index (χ2n) is 5.68. The highest BCUT2D eigenvalue weighted by Crippen LogP contribution is 2.15. The zero-order chi connectivity index (χ0) is 15.3. The summed E-state index contributed by atoms with van der Waals surface area (Å²) in [5.74, 6) is 0.226. The fourth-order valence-electron chi connectivity index (χ4n) is 2.79. The lowest BCUT2D eigenvalue weighted by Crippen LogP contribution is -2.47. The summed E-state index contributed by atoms with van der Waals surface area (Å²) in [6, 6.07) is -0.0417. The van der Waals surface area contributed by atoms with E-state index in [-0.39, 0.29) is 23.7 Å². The van der Waals surface area contributed by atoms with Crippen molar-refractivity contribution in [1.29, 1.82) is 0 Å². The Kier molecular flexibility index (Phi) is 5.80. The standard InChI is InChI=1S/C12H24N4O4S/c13-12(14-17)8-16-5-3-10(4-6-16)15-21(18,19)9-11-2-1-7-20-11/h10-11,15,17H,1-9H2,(H2,13,14). The average molecular weight is 320 g/mol. The monoisotopic (exact) mass is 320 g/mol. The first kappa shape index (κ1) is 16.5. The van der Waals surface area contributed by atoms with Crippen LogP contribution in [0.15, 0.2) is 5.16 Å². The largest absolute Gasteiger partial charge is 0.409 e. The molecular weight excluding hydrogens is 296 g/mol. The van der Waals surface area contributed by atoms with Crippen LogP contribution in [0.4, 0.5) is 0 Å². The number of hydrogen-bond donors (Lipinski definition) is 3. The second-order valence-corrected chi connectivity index (χ2v) is 7.47. The van der Waals surface area contributed by atoms with Crippen molar-refractivity contribution in [2.45, 2.75) is 37.8 Å². The van der Waals surface area contributed by atoms with E-state index >= 15 is 0 Å². The number of sulfonamides is 1. The number of nitrogens with zero attached hydrogens (tertiary/aromatic N) is 2. The van der Waals surface area contributed by atoms with Crippen LogP contribution in [0, 0.1) is 0 Å². The van der Waals surface area contributed by atoms with Crippen LogP contribution in [-0.4, -0.2) is 68.5 Å². The highest BCUT2D eigenvalue weighted by molar-refractivity contribution is 7.89. The molecule has 1 unspecified atom stereocenters. The quantitative estimate of drug-likeness (QED) is 0.258. The van der Waals surface area contributed by atoms with E-state index in [0.29, 0.717) is 13.2 Å². The van der Waals surface area contributed by atoms with Crippen LogP contribution in [0.2, 0.25) is 0 Å². The van der Waals surface area contributed by atoms with Gasteiger partial charge in [-0.3, -0.25) is 4.90 Å². The molecule has 0 aromatic heterocycles. The molecule has 0 bridgehead atoms. The van der Waals surface area contributed by atoms with E-state index in [4.69, 9.17) is 15.7 Å². The van der Waals surface area contributed by atoms with Gasteiger partial charge in [-0.1, -0.05) is 5.16 Å². The van der Waals surface area contributed by atoms with E-state index in [1.807, 2.05) is 4.90 Å². The number of ether oxygens (including phenoxy) is 1. The predicted molar refractivity (Wildman–Crippen MR) is 78.8 cm³/mol. The van der Waals surface area contributed by atoms with Crippen molar-refractivity contribution >= 4 is 15.9 Å². The van der Waals surface area contributed by atoms with Gasteiger partial charge in [0.2, 0.25) is 10.0 Å². The maximum atomic E-state index is 12.1. The van der Waals surface area contributed by atoms with Gasteiger partial charge in [0.1, 0.15) is 0 Å². The maximum absolute atomic E-state index is 12.1. The number of nitrogens with one attached hydrogen (secondary N) is 1. The molecule has 0 spiro atoms. The first-order valence-electron chi connectivity index (χ1n) is 7.29. The molecule has 0 amide bonds. The van der Waals surface area contributed by atoms with Gasteiger partial charge in [0, 0.05) is 25.7 Å². The molecule has 0 aromatic carbocycles. The summed E-state index contributed by atoms with van der Waals surface area (Å²) in [6.45, 7) is 2.52. The number of amidine groups is 1. The number of piperidine rings is 1. The minimum atomic E-state index is -3.29. The molecule has 2 aliphatic rings. The fraction of sp³-hybridized carbons (Fsp3) is 0.917. The Balaban J connectivity index is 1.74. The molecule has 2 fully saturated rings. The summed E-state index contributed by atoms with van der Waals surface area (Å²) in [7, 11) is -3.29. The molecule has 2 aliphatic heterocycles. The summed E-state index contributed by atoms with van der Waals surface area (Å²) < 4.78 is 32.3. The Morgan fingerprint density at radius 1 is 1.38 bits per heavy atom. The number of likely N-dealkylation sites (tertiary alicyclic amines) is 1. The Labute approximate surface area is 125 Å². The SMILES string of the molecule is NC(CN1CCC(NS(=O)(=O)CC2CCCO2)CC1)=NO. The lowest BCUT2D eigenvalue weighted by Gasteiger charge is -2.31. The first-order valence-corrected chi connectivity index (χ1v) is 8.94.